The van der Waals surface area contributed by atoms with E-state index in [1.807, 2.05) is 0 Å². The van der Waals surface area contributed by atoms with Gasteiger partial charge in [0.25, 0.3) is 0 Å². The van der Waals surface area contributed by atoms with E-state index in [4.69, 9.17) is 4.74 Å². The van der Waals surface area contributed by atoms with Crippen molar-refractivity contribution in [2.24, 2.45) is 0 Å². The molecule has 1 aromatic heterocycles. The molecule has 0 saturated carbocycles. The van der Waals surface area contributed by atoms with Crippen LogP contribution in [0.5, 0.6) is 0 Å². The Hall–Kier alpha value is -1.41. The van der Waals surface area contributed by atoms with Crippen LogP contribution in [0.15, 0.2) is 6.07 Å². The lowest BCUT2D eigenvalue weighted by Gasteiger charge is -2.21. The Bertz CT molecular complexity index is 658. The molecular formula is C13H19NO5S2. The van der Waals surface area contributed by atoms with Gasteiger partial charge in [0, 0.05) is 11.1 Å². The number of sulfone groups is 1. The lowest BCUT2D eigenvalue weighted by molar-refractivity contribution is -0.117. The summed E-state index contributed by atoms with van der Waals surface area (Å²) in [5.74, 6) is -1.23. The number of rotatable bonds is 5. The molecule has 0 radical (unpaired) electrons. The van der Waals surface area contributed by atoms with Crippen molar-refractivity contribution in [2.45, 2.75) is 32.4 Å². The minimum Gasteiger partial charge on any atom is -0.462 e. The molecule has 0 atom stereocenters. The molecule has 0 aliphatic carbocycles. The highest BCUT2D eigenvalue weighted by Crippen LogP contribution is 2.30. The van der Waals surface area contributed by atoms with Crippen LogP contribution in [0.1, 0.15) is 36.0 Å². The van der Waals surface area contributed by atoms with Crippen LogP contribution < -0.4 is 5.32 Å². The molecule has 0 saturated heterocycles. The average Bonchev–Trinajstić information content (AvgIpc) is 2.69. The predicted octanol–water partition coefficient (Wildman–Crippen LogP) is 1.99. The van der Waals surface area contributed by atoms with E-state index in [0.29, 0.717) is 5.00 Å². The molecule has 21 heavy (non-hydrogen) atoms. The summed E-state index contributed by atoms with van der Waals surface area (Å²) in [4.78, 5) is 24.8. The number of hydrogen-bond donors (Lipinski definition) is 1. The topological polar surface area (TPSA) is 89.5 Å². The first-order chi connectivity index (χ1) is 9.50. The first kappa shape index (κ1) is 17.6. The first-order valence-corrected chi connectivity index (χ1v) is 9.00. The van der Waals surface area contributed by atoms with Gasteiger partial charge in [-0.3, -0.25) is 4.79 Å². The van der Waals surface area contributed by atoms with Gasteiger partial charge >= 0.3 is 5.97 Å². The van der Waals surface area contributed by atoms with Gasteiger partial charge in [-0.15, -0.1) is 11.3 Å². The van der Waals surface area contributed by atoms with Gasteiger partial charge in [0.15, 0.2) is 9.84 Å². The molecule has 6 nitrogen and oxygen atoms in total. The minimum atomic E-state index is -3.58. The van der Waals surface area contributed by atoms with E-state index >= 15 is 0 Å². The van der Waals surface area contributed by atoms with Crippen LogP contribution in [0, 0.1) is 6.92 Å². The number of esters is 1. The van der Waals surface area contributed by atoms with Crippen molar-refractivity contribution in [3.05, 3.63) is 16.5 Å². The normalized spacial score (nSPS) is 12.0. The highest BCUT2D eigenvalue weighted by molar-refractivity contribution is 7.92. The number of nitrogens with one attached hydrogen (secondary N) is 1. The molecule has 0 aliphatic heterocycles. The molecule has 0 aromatic carbocycles. The molecule has 0 spiro atoms. The van der Waals surface area contributed by atoms with Crippen LogP contribution >= 0.6 is 11.3 Å². The van der Waals surface area contributed by atoms with Crippen LogP contribution in [-0.2, 0) is 19.4 Å². The van der Waals surface area contributed by atoms with Gasteiger partial charge in [-0.25, -0.2) is 13.2 Å². The largest absolute Gasteiger partial charge is 0.462 e. The van der Waals surface area contributed by atoms with Crippen molar-refractivity contribution in [1.82, 2.24) is 0 Å². The summed E-state index contributed by atoms with van der Waals surface area (Å²) in [6, 6.07) is 1.60. The second-order valence-corrected chi connectivity index (χ2v) is 8.88. The molecule has 0 aliphatic rings. The van der Waals surface area contributed by atoms with Gasteiger partial charge in [0.1, 0.15) is 9.75 Å². The number of carbonyl (C=O) groups is 2. The SMILES string of the molecule is CCOC(=O)c1cc(C)sc1NC(=O)C(C)(C)S(C)(=O)=O. The smallest absolute Gasteiger partial charge is 0.341 e. The molecule has 1 N–H and O–H groups in total. The molecule has 1 heterocycles. The highest BCUT2D eigenvalue weighted by atomic mass is 32.2. The number of amides is 1. The van der Waals surface area contributed by atoms with Crippen LogP contribution in [0.25, 0.3) is 0 Å². The fourth-order valence-electron chi connectivity index (χ4n) is 1.39. The number of aryl methyl sites for hydroxylation is 1. The van der Waals surface area contributed by atoms with E-state index in [0.717, 1.165) is 11.1 Å². The number of carbonyl (C=O) groups excluding carboxylic acids is 2. The van der Waals surface area contributed by atoms with Gasteiger partial charge in [-0.2, -0.15) is 0 Å². The quantitative estimate of drug-likeness (QED) is 0.832. The van der Waals surface area contributed by atoms with Crippen molar-refractivity contribution >= 4 is 38.1 Å². The zero-order valence-electron chi connectivity index (χ0n) is 12.6. The monoisotopic (exact) mass is 333 g/mol. The van der Waals surface area contributed by atoms with Crippen LogP contribution in [0.3, 0.4) is 0 Å². The minimum absolute atomic E-state index is 0.218. The third-order valence-electron chi connectivity index (χ3n) is 3.05. The average molecular weight is 333 g/mol. The van der Waals surface area contributed by atoms with E-state index in [-0.39, 0.29) is 12.2 Å². The lowest BCUT2D eigenvalue weighted by Crippen LogP contribution is -2.43. The Morgan fingerprint density at radius 3 is 2.43 bits per heavy atom. The fourth-order valence-corrected chi connectivity index (χ4v) is 2.67. The van der Waals surface area contributed by atoms with Crippen molar-refractivity contribution in [3.8, 4) is 0 Å². The summed E-state index contributed by atoms with van der Waals surface area (Å²) in [5, 5.41) is 2.82. The molecule has 1 amide bonds. The molecule has 118 valence electrons. The number of thiophene rings is 1. The molecule has 0 bridgehead atoms. The standard InChI is InChI=1S/C13H19NO5S2/c1-6-19-11(15)9-7-8(2)20-10(9)14-12(16)13(3,4)21(5,17)18/h7H,6H2,1-5H3,(H,14,16). The molecule has 1 aromatic rings. The van der Waals surface area contributed by atoms with Gasteiger partial charge in [0.05, 0.1) is 12.2 Å². The van der Waals surface area contributed by atoms with Crippen molar-refractivity contribution in [3.63, 3.8) is 0 Å². The lowest BCUT2D eigenvalue weighted by atomic mass is 10.2. The number of hydrogen-bond acceptors (Lipinski definition) is 6. The second kappa shape index (κ2) is 6.15. The molecule has 0 fully saturated rings. The van der Waals surface area contributed by atoms with Crippen molar-refractivity contribution < 1.29 is 22.7 Å². The van der Waals surface area contributed by atoms with E-state index in [9.17, 15) is 18.0 Å². The first-order valence-electron chi connectivity index (χ1n) is 6.29. The summed E-state index contributed by atoms with van der Waals surface area (Å²) in [5.41, 5.74) is 0.233. The fraction of sp³-hybridized carbons (Fsp3) is 0.538. The van der Waals surface area contributed by atoms with Crippen LogP contribution in [0.4, 0.5) is 5.00 Å². The zero-order valence-corrected chi connectivity index (χ0v) is 14.3. The zero-order chi connectivity index (χ0) is 16.4. The Morgan fingerprint density at radius 2 is 1.95 bits per heavy atom. The Balaban J connectivity index is 3.09. The van der Waals surface area contributed by atoms with E-state index in [2.05, 4.69) is 5.32 Å². The number of ether oxygens (including phenoxy) is 1. The van der Waals surface area contributed by atoms with E-state index < -0.39 is 26.5 Å². The summed E-state index contributed by atoms with van der Waals surface area (Å²) in [6.45, 7) is 6.33. The Labute approximate surface area is 128 Å². The van der Waals surface area contributed by atoms with Gasteiger partial charge in [-0.05, 0) is 33.8 Å². The Morgan fingerprint density at radius 1 is 1.38 bits per heavy atom. The summed E-state index contributed by atoms with van der Waals surface area (Å²) in [6.07, 6.45) is 0.999. The molecular weight excluding hydrogens is 314 g/mol. The van der Waals surface area contributed by atoms with Gasteiger partial charge in [-0.1, -0.05) is 0 Å². The maximum Gasteiger partial charge on any atom is 0.341 e. The molecule has 1 rings (SSSR count). The van der Waals surface area contributed by atoms with E-state index in [1.165, 1.54) is 25.2 Å². The summed E-state index contributed by atoms with van der Waals surface area (Å²) < 4.78 is 26.7. The van der Waals surface area contributed by atoms with Crippen LogP contribution in [0.2, 0.25) is 0 Å². The van der Waals surface area contributed by atoms with E-state index in [1.54, 1.807) is 19.9 Å². The maximum atomic E-state index is 12.2. The summed E-state index contributed by atoms with van der Waals surface area (Å²) >= 11 is 1.20. The summed E-state index contributed by atoms with van der Waals surface area (Å²) in [7, 11) is -3.58. The highest BCUT2D eigenvalue weighted by Gasteiger charge is 2.39. The third kappa shape index (κ3) is 3.82. The van der Waals surface area contributed by atoms with Crippen molar-refractivity contribution in [1.29, 1.82) is 0 Å². The van der Waals surface area contributed by atoms with Gasteiger partial charge in [0.2, 0.25) is 5.91 Å². The predicted molar refractivity (Wildman–Crippen MR) is 82.6 cm³/mol. The van der Waals surface area contributed by atoms with Crippen molar-refractivity contribution in [2.75, 3.05) is 18.2 Å². The maximum absolute atomic E-state index is 12.2. The van der Waals surface area contributed by atoms with Gasteiger partial charge < -0.3 is 10.1 Å². The molecule has 0 unspecified atom stereocenters. The Kier molecular flexibility index (Phi) is 5.16. The van der Waals surface area contributed by atoms with Crippen LogP contribution in [-0.4, -0.2) is 37.9 Å². The molecule has 8 heteroatoms. The number of anilines is 1. The second-order valence-electron chi connectivity index (χ2n) is 5.06. The third-order valence-corrected chi connectivity index (χ3v) is 6.06.